The van der Waals surface area contributed by atoms with Crippen molar-refractivity contribution in [1.29, 1.82) is 5.26 Å². The van der Waals surface area contributed by atoms with Crippen molar-refractivity contribution in [2.45, 2.75) is 13.8 Å². The first-order valence-electron chi connectivity index (χ1n) is 2.13. The summed E-state index contributed by atoms with van der Waals surface area (Å²) >= 11 is 0. The van der Waals surface area contributed by atoms with Crippen molar-refractivity contribution in [3.05, 3.63) is 0 Å². The van der Waals surface area contributed by atoms with Crippen LogP contribution in [0.1, 0.15) is 13.8 Å². The molecule has 44 valence electrons. The Kier molecular flexibility index (Phi) is 6.03. The second-order valence-electron chi connectivity index (χ2n) is 2.02. The molecule has 4 heteroatoms. The summed E-state index contributed by atoms with van der Waals surface area (Å²) in [6.45, 7) is 2.59. The van der Waals surface area contributed by atoms with Gasteiger partial charge in [-0.15, -0.1) is 0 Å². The molecule has 0 saturated carbocycles. The minimum atomic E-state index is -1.35. The van der Waals surface area contributed by atoms with E-state index in [0.717, 1.165) is 0 Å². The number of carbonyl (C=O) groups is 1. The Morgan fingerprint density at radius 1 is 1.67 bits per heavy atom. The molecule has 3 nitrogen and oxygen atoms in total. The first-order valence-corrected chi connectivity index (χ1v) is 2.13. The molecule has 0 N–H and O–H groups in total. The van der Waals surface area contributed by atoms with Gasteiger partial charge in [0, 0.05) is 0 Å². The average Bonchev–Trinajstić information content (AvgIpc) is 1.67. The molecule has 0 aliphatic rings. The van der Waals surface area contributed by atoms with E-state index in [-0.39, 0.29) is 51.4 Å². The molecular weight excluding hydrogens is 145 g/mol. The smallest absolute Gasteiger partial charge is 0.548 e. The summed E-state index contributed by atoms with van der Waals surface area (Å²) in [6, 6.07) is 1.58. The van der Waals surface area contributed by atoms with Gasteiger partial charge in [0.25, 0.3) is 0 Å². The van der Waals surface area contributed by atoms with E-state index >= 15 is 0 Å². The maximum Gasteiger partial charge on any atom is 1.00 e. The maximum atomic E-state index is 9.92. The Balaban J connectivity index is 0. The number of rotatable bonds is 1. The van der Waals surface area contributed by atoms with Crippen LogP contribution in [0.5, 0.6) is 0 Å². The summed E-state index contributed by atoms with van der Waals surface area (Å²) in [5.74, 6) is -1.33. The molecule has 0 saturated heterocycles. The van der Waals surface area contributed by atoms with E-state index in [1.54, 1.807) is 6.07 Å². The van der Waals surface area contributed by atoms with E-state index in [2.05, 4.69) is 0 Å². The predicted molar refractivity (Wildman–Crippen MR) is 24.4 cm³/mol. The number of aliphatic carboxylic acids is 1. The topological polar surface area (TPSA) is 63.9 Å². The summed E-state index contributed by atoms with van der Waals surface area (Å²) in [7, 11) is 0. The minimum Gasteiger partial charge on any atom is -0.548 e. The van der Waals surface area contributed by atoms with Crippen molar-refractivity contribution in [2.75, 3.05) is 0 Å². The molecule has 0 aliphatic heterocycles. The molecule has 0 aromatic heterocycles. The average molecular weight is 151 g/mol. The monoisotopic (exact) mass is 151 g/mol. The second-order valence-corrected chi connectivity index (χ2v) is 2.02. The zero-order valence-corrected chi connectivity index (χ0v) is 8.89. The van der Waals surface area contributed by atoms with E-state index in [0.29, 0.717) is 0 Å². The van der Waals surface area contributed by atoms with Gasteiger partial charge in [0.1, 0.15) is 0 Å². The van der Waals surface area contributed by atoms with Gasteiger partial charge in [-0.05, 0) is 13.8 Å². The fourth-order valence-corrected chi connectivity index (χ4v) is 0.0456. The Labute approximate surface area is 96.5 Å². The Bertz CT molecular complexity index is 148. The number of hydrogen-bond donors (Lipinski definition) is 0. The third-order valence-electron chi connectivity index (χ3n) is 0.790. The van der Waals surface area contributed by atoms with Gasteiger partial charge in [-0.2, -0.15) is 5.26 Å². The number of nitrogens with zero attached hydrogens (tertiary/aromatic N) is 1. The first kappa shape index (κ1) is 12.3. The van der Waals surface area contributed by atoms with E-state index in [1.807, 2.05) is 0 Å². The van der Waals surface area contributed by atoms with Gasteiger partial charge in [0.15, 0.2) is 0 Å². The van der Waals surface area contributed by atoms with Crippen molar-refractivity contribution in [3.8, 4) is 6.07 Å². The van der Waals surface area contributed by atoms with Gasteiger partial charge >= 0.3 is 51.4 Å². The molecule has 0 fully saturated rings. The van der Waals surface area contributed by atoms with Gasteiger partial charge < -0.3 is 9.90 Å². The molecule has 0 aromatic rings. The van der Waals surface area contributed by atoms with E-state index in [9.17, 15) is 9.90 Å². The van der Waals surface area contributed by atoms with Crippen LogP contribution >= 0.6 is 0 Å². The molecule has 0 amide bonds. The third-order valence-corrected chi connectivity index (χ3v) is 0.790. The van der Waals surface area contributed by atoms with Crippen LogP contribution in [0, 0.1) is 16.7 Å². The number of carbonyl (C=O) groups excluding carboxylic acids is 1. The Morgan fingerprint density at radius 3 is 2.00 bits per heavy atom. The van der Waals surface area contributed by atoms with Crippen molar-refractivity contribution in [3.63, 3.8) is 0 Å². The standard InChI is InChI=1S/C5H7NO2.K/c1-5(2,3-6)4(7)8;/h1-2H3,(H,7,8);/q;+1/p-1. The number of carboxylic acid groups (broad SMARTS) is 1. The molecular formula is C5H6KNO2. The SMILES string of the molecule is CC(C)(C#N)C(=O)[O-].[K+]. The van der Waals surface area contributed by atoms with Crippen LogP contribution in [0.15, 0.2) is 0 Å². The van der Waals surface area contributed by atoms with Crippen molar-refractivity contribution in [2.24, 2.45) is 5.41 Å². The summed E-state index contributed by atoms with van der Waals surface area (Å²) in [6.07, 6.45) is 0. The number of carboxylic acids is 1. The fourth-order valence-electron chi connectivity index (χ4n) is 0.0456. The van der Waals surface area contributed by atoms with Crippen LogP contribution in [0.25, 0.3) is 0 Å². The molecule has 0 rings (SSSR count). The fraction of sp³-hybridized carbons (Fsp3) is 0.600. The van der Waals surface area contributed by atoms with Crippen LogP contribution < -0.4 is 56.5 Å². The Hall–Kier alpha value is 0.596. The summed E-state index contributed by atoms with van der Waals surface area (Å²) in [5.41, 5.74) is -1.35. The zero-order chi connectivity index (χ0) is 6.78. The summed E-state index contributed by atoms with van der Waals surface area (Å²) in [5, 5.41) is 18.0. The first-order chi connectivity index (χ1) is 3.50. The molecule has 0 radical (unpaired) electrons. The summed E-state index contributed by atoms with van der Waals surface area (Å²) < 4.78 is 0. The van der Waals surface area contributed by atoms with E-state index in [1.165, 1.54) is 13.8 Å². The largest absolute Gasteiger partial charge is 1.00 e. The summed E-state index contributed by atoms with van der Waals surface area (Å²) in [4.78, 5) is 9.92. The van der Waals surface area contributed by atoms with Crippen LogP contribution in [-0.2, 0) is 4.79 Å². The van der Waals surface area contributed by atoms with Crippen molar-refractivity contribution < 1.29 is 61.3 Å². The van der Waals surface area contributed by atoms with Crippen LogP contribution in [0.3, 0.4) is 0 Å². The third kappa shape index (κ3) is 4.06. The van der Waals surface area contributed by atoms with Gasteiger partial charge in [-0.3, -0.25) is 0 Å². The number of hydrogen-bond acceptors (Lipinski definition) is 3. The van der Waals surface area contributed by atoms with Crippen molar-refractivity contribution in [1.82, 2.24) is 0 Å². The van der Waals surface area contributed by atoms with Gasteiger partial charge in [0.05, 0.1) is 17.5 Å². The number of nitriles is 1. The normalized spacial score (nSPS) is 9.00. The van der Waals surface area contributed by atoms with Gasteiger partial charge in [0.2, 0.25) is 0 Å². The van der Waals surface area contributed by atoms with Crippen LogP contribution in [0.4, 0.5) is 0 Å². The van der Waals surface area contributed by atoms with E-state index in [4.69, 9.17) is 5.26 Å². The second kappa shape index (κ2) is 4.42. The molecule has 0 atom stereocenters. The molecule has 0 spiro atoms. The molecule has 9 heavy (non-hydrogen) atoms. The molecule has 0 bridgehead atoms. The predicted octanol–water partition coefficient (Wildman–Crippen LogP) is -3.71. The minimum absolute atomic E-state index is 0. The van der Waals surface area contributed by atoms with Gasteiger partial charge in [-0.25, -0.2) is 0 Å². The molecule has 0 heterocycles. The zero-order valence-electron chi connectivity index (χ0n) is 5.76. The Morgan fingerprint density at radius 2 is 2.00 bits per heavy atom. The quantitative estimate of drug-likeness (QED) is 0.362. The van der Waals surface area contributed by atoms with Gasteiger partial charge in [-0.1, -0.05) is 0 Å². The van der Waals surface area contributed by atoms with Crippen molar-refractivity contribution >= 4 is 5.97 Å². The molecule has 0 aromatic carbocycles. The molecule has 0 aliphatic carbocycles. The maximum absolute atomic E-state index is 9.92. The van der Waals surface area contributed by atoms with Crippen LogP contribution in [0.2, 0.25) is 0 Å². The van der Waals surface area contributed by atoms with Crippen LogP contribution in [-0.4, -0.2) is 5.97 Å². The van der Waals surface area contributed by atoms with E-state index < -0.39 is 11.4 Å². The molecule has 0 unspecified atom stereocenters.